The van der Waals surface area contributed by atoms with E-state index in [0.717, 1.165) is 12.1 Å². The number of hydrogen-bond donors (Lipinski definition) is 2. The molecule has 3 N–H and O–H groups in total. The van der Waals surface area contributed by atoms with Crippen LogP contribution in [0.15, 0.2) is 29.4 Å². The normalized spacial score (nSPS) is 10.8. The summed E-state index contributed by atoms with van der Waals surface area (Å²) in [5.74, 6) is 0.683. The lowest BCUT2D eigenvalue weighted by Gasteiger charge is -2.03. The third-order valence-electron chi connectivity index (χ3n) is 2.66. The van der Waals surface area contributed by atoms with E-state index in [0.29, 0.717) is 12.2 Å². The van der Waals surface area contributed by atoms with Crippen LogP contribution in [0.25, 0.3) is 5.69 Å². The summed E-state index contributed by atoms with van der Waals surface area (Å²) in [4.78, 5) is 0. The van der Waals surface area contributed by atoms with Crippen molar-refractivity contribution in [1.29, 1.82) is 0 Å². The highest BCUT2D eigenvalue weighted by Crippen LogP contribution is 2.10. The second kappa shape index (κ2) is 6.71. The average molecular weight is 289 g/mol. The number of nitrogens with one attached hydrogen (secondary N) is 1. The molecule has 0 aliphatic carbocycles. The van der Waals surface area contributed by atoms with E-state index < -0.39 is 0 Å². The topological polar surface area (TPSA) is 94.0 Å². The monoisotopic (exact) mass is 289 g/mol. The number of aromatic nitrogens is 4. The first-order chi connectivity index (χ1) is 9.70. The number of benzene rings is 1. The van der Waals surface area contributed by atoms with Crippen molar-refractivity contribution in [2.24, 2.45) is 10.8 Å². The third kappa shape index (κ3) is 3.58. The zero-order valence-corrected chi connectivity index (χ0v) is 11.8. The molecule has 0 unspecified atom stereocenters. The van der Waals surface area contributed by atoms with Gasteiger partial charge in [0.05, 0.1) is 5.69 Å². The standard InChI is InChI=1S/C12H15N7S/c1-2-9-3-5-10(6-4-9)19-11(15-17-18-19)7-8-14-16-12(13)20/h3-6,8H,2,7H2,1H3,(H3,13,16,20)/b14-8-. The summed E-state index contributed by atoms with van der Waals surface area (Å²) in [5, 5.41) is 15.6. The molecule has 1 aromatic heterocycles. The molecular weight excluding hydrogens is 274 g/mol. The minimum Gasteiger partial charge on any atom is -0.375 e. The molecule has 2 aromatic rings. The summed E-state index contributed by atoms with van der Waals surface area (Å²) in [7, 11) is 0. The van der Waals surface area contributed by atoms with Crippen molar-refractivity contribution in [2.45, 2.75) is 19.8 Å². The van der Waals surface area contributed by atoms with E-state index in [4.69, 9.17) is 5.73 Å². The van der Waals surface area contributed by atoms with Crippen LogP contribution in [0.5, 0.6) is 0 Å². The first-order valence-corrected chi connectivity index (χ1v) is 6.55. The largest absolute Gasteiger partial charge is 0.375 e. The lowest BCUT2D eigenvalue weighted by molar-refractivity contribution is 0.775. The van der Waals surface area contributed by atoms with E-state index in [1.807, 2.05) is 12.1 Å². The zero-order chi connectivity index (χ0) is 14.4. The van der Waals surface area contributed by atoms with Gasteiger partial charge >= 0.3 is 0 Å². The molecule has 0 spiro atoms. The molecular formula is C12H15N7S. The molecule has 20 heavy (non-hydrogen) atoms. The van der Waals surface area contributed by atoms with Gasteiger partial charge in [0.15, 0.2) is 10.9 Å². The number of thiocarbonyl (C=S) groups is 1. The molecule has 8 heteroatoms. The van der Waals surface area contributed by atoms with Gasteiger partial charge in [0.2, 0.25) is 0 Å². The van der Waals surface area contributed by atoms with Gasteiger partial charge in [-0.15, -0.1) is 5.10 Å². The Balaban J connectivity index is 2.11. The van der Waals surface area contributed by atoms with Gasteiger partial charge < -0.3 is 5.73 Å². The maximum Gasteiger partial charge on any atom is 0.184 e. The molecule has 1 heterocycles. The lowest BCUT2D eigenvalue weighted by atomic mass is 10.1. The number of nitrogens with zero attached hydrogens (tertiary/aromatic N) is 5. The van der Waals surface area contributed by atoms with Gasteiger partial charge in [0.25, 0.3) is 0 Å². The van der Waals surface area contributed by atoms with Gasteiger partial charge in [0, 0.05) is 12.6 Å². The fraction of sp³-hybridized carbons (Fsp3) is 0.250. The number of nitrogens with two attached hydrogens (primary N) is 1. The van der Waals surface area contributed by atoms with Gasteiger partial charge in [0.1, 0.15) is 0 Å². The first kappa shape index (κ1) is 14.1. The first-order valence-electron chi connectivity index (χ1n) is 6.14. The number of aryl methyl sites for hydroxylation is 1. The van der Waals surface area contributed by atoms with Crippen LogP contribution in [-0.4, -0.2) is 31.5 Å². The molecule has 0 saturated heterocycles. The van der Waals surface area contributed by atoms with E-state index in [2.05, 4.69) is 57.3 Å². The van der Waals surface area contributed by atoms with Crippen LogP contribution in [0.3, 0.4) is 0 Å². The Labute approximate surface area is 121 Å². The van der Waals surface area contributed by atoms with Gasteiger partial charge in [-0.2, -0.15) is 9.78 Å². The number of rotatable bonds is 5. The molecule has 7 nitrogen and oxygen atoms in total. The highest BCUT2D eigenvalue weighted by molar-refractivity contribution is 7.80. The minimum absolute atomic E-state index is 0.121. The van der Waals surface area contributed by atoms with Crippen molar-refractivity contribution >= 4 is 23.5 Å². The average Bonchev–Trinajstić information content (AvgIpc) is 2.92. The maximum atomic E-state index is 5.26. The van der Waals surface area contributed by atoms with Crippen molar-refractivity contribution < 1.29 is 0 Å². The van der Waals surface area contributed by atoms with Crippen molar-refractivity contribution in [2.75, 3.05) is 0 Å². The molecule has 0 aliphatic rings. The van der Waals surface area contributed by atoms with Crippen LogP contribution in [0.4, 0.5) is 0 Å². The number of hydrazone groups is 1. The third-order valence-corrected chi connectivity index (χ3v) is 2.75. The molecule has 0 fully saturated rings. The highest BCUT2D eigenvalue weighted by Gasteiger charge is 2.06. The molecule has 1 aromatic carbocycles. The molecule has 104 valence electrons. The highest BCUT2D eigenvalue weighted by atomic mass is 32.1. The van der Waals surface area contributed by atoms with Crippen LogP contribution in [0.1, 0.15) is 18.3 Å². The Morgan fingerprint density at radius 3 is 2.85 bits per heavy atom. The summed E-state index contributed by atoms with van der Waals surface area (Å²) in [5.41, 5.74) is 9.93. The molecule has 0 aliphatic heterocycles. The molecule has 0 radical (unpaired) electrons. The van der Waals surface area contributed by atoms with Crippen LogP contribution < -0.4 is 11.2 Å². The van der Waals surface area contributed by atoms with Gasteiger partial charge in [-0.3, -0.25) is 5.43 Å². The second-order valence-corrected chi connectivity index (χ2v) is 4.46. The summed E-state index contributed by atoms with van der Waals surface area (Å²) in [6.07, 6.45) is 3.08. The summed E-state index contributed by atoms with van der Waals surface area (Å²) >= 11 is 4.64. The number of hydrogen-bond acceptors (Lipinski definition) is 5. The lowest BCUT2D eigenvalue weighted by Crippen LogP contribution is -2.24. The van der Waals surface area contributed by atoms with Crippen molar-refractivity contribution in [3.8, 4) is 5.69 Å². The Hall–Kier alpha value is -2.35. The molecule has 0 saturated carbocycles. The summed E-state index contributed by atoms with van der Waals surface area (Å²) < 4.78 is 1.67. The Morgan fingerprint density at radius 1 is 1.45 bits per heavy atom. The van der Waals surface area contributed by atoms with Crippen LogP contribution in [-0.2, 0) is 12.8 Å². The van der Waals surface area contributed by atoms with E-state index in [-0.39, 0.29) is 5.11 Å². The molecule has 0 atom stereocenters. The van der Waals surface area contributed by atoms with Crippen molar-refractivity contribution in [3.63, 3.8) is 0 Å². The fourth-order valence-corrected chi connectivity index (χ4v) is 1.70. The summed E-state index contributed by atoms with van der Waals surface area (Å²) in [6.45, 7) is 2.11. The van der Waals surface area contributed by atoms with Gasteiger partial charge in [-0.05, 0) is 46.8 Å². The van der Waals surface area contributed by atoms with Crippen LogP contribution >= 0.6 is 12.2 Å². The SMILES string of the molecule is CCc1ccc(-n2nnnc2C/C=N\NC(N)=S)cc1. The van der Waals surface area contributed by atoms with Crippen LogP contribution in [0.2, 0.25) is 0 Å². The predicted molar refractivity (Wildman–Crippen MR) is 80.6 cm³/mol. The van der Waals surface area contributed by atoms with Gasteiger partial charge in [-0.1, -0.05) is 19.1 Å². The van der Waals surface area contributed by atoms with Crippen molar-refractivity contribution in [1.82, 2.24) is 25.6 Å². The molecule has 0 bridgehead atoms. The number of tetrazole rings is 1. The van der Waals surface area contributed by atoms with E-state index in [9.17, 15) is 0 Å². The van der Waals surface area contributed by atoms with E-state index in [1.54, 1.807) is 10.9 Å². The summed E-state index contributed by atoms with van der Waals surface area (Å²) in [6, 6.07) is 8.10. The molecule has 2 rings (SSSR count). The Bertz CT molecular complexity index is 603. The zero-order valence-electron chi connectivity index (χ0n) is 11.0. The minimum atomic E-state index is 0.121. The fourth-order valence-electron chi connectivity index (χ4n) is 1.64. The van der Waals surface area contributed by atoms with E-state index >= 15 is 0 Å². The molecule has 0 amide bonds. The predicted octanol–water partition coefficient (Wildman–Crippen LogP) is 0.586. The van der Waals surface area contributed by atoms with Crippen molar-refractivity contribution in [3.05, 3.63) is 35.7 Å². The van der Waals surface area contributed by atoms with E-state index in [1.165, 1.54) is 5.56 Å². The Kier molecular flexibility index (Phi) is 4.72. The van der Waals surface area contributed by atoms with Crippen LogP contribution in [0, 0.1) is 0 Å². The smallest absolute Gasteiger partial charge is 0.184 e. The Morgan fingerprint density at radius 2 is 2.20 bits per heavy atom. The quantitative estimate of drug-likeness (QED) is 0.475. The maximum absolute atomic E-state index is 5.26. The second-order valence-electron chi connectivity index (χ2n) is 4.02. The van der Waals surface area contributed by atoms with Gasteiger partial charge in [-0.25, -0.2) is 0 Å².